The Balaban J connectivity index is 1.34. The Morgan fingerprint density at radius 3 is 2.88 bits per heavy atom. The first-order chi connectivity index (χ1) is 12.8. The molecular formula is C19H19FN4OS. The van der Waals surface area contributed by atoms with Crippen molar-refractivity contribution in [3.8, 4) is 5.88 Å². The van der Waals surface area contributed by atoms with Crippen LogP contribution in [0.3, 0.4) is 0 Å². The number of hydrogen-bond acceptors (Lipinski definition) is 6. The van der Waals surface area contributed by atoms with Crippen LogP contribution >= 0.6 is 11.3 Å². The number of pyridine rings is 1. The van der Waals surface area contributed by atoms with E-state index in [0.29, 0.717) is 30.5 Å². The van der Waals surface area contributed by atoms with E-state index in [1.54, 1.807) is 18.3 Å². The number of nitrogens with one attached hydrogen (secondary N) is 1. The van der Waals surface area contributed by atoms with Crippen molar-refractivity contribution in [3.63, 3.8) is 0 Å². The van der Waals surface area contributed by atoms with Crippen LogP contribution in [-0.2, 0) is 13.0 Å². The SMILES string of the molecule is Fc1ccccc1Cc1nnc(NCc2ccnc(OC3CCC3)c2)s1. The lowest BCUT2D eigenvalue weighted by Gasteiger charge is -2.25. The second-order valence-electron chi connectivity index (χ2n) is 6.30. The van der Waals surface area contributed by atoms with Crippen LogP contribution in [0.4, 0.5) is 9.52 Å². The van der Waals surface area contributed by atoms with E-state index in [-0.39, 0.29) is 5.82 Å². The smallest absolute Gasteiger partial charge is 0.213 e. The van der Waals surface area contributed by atoms with E-state index in [1.165, 1.54) is 23.8 Å². The van der Waals surface area contributed by atoms with Crippen LogP contribution in [0.2, 0.25) is 0 Å². The van der Waals surface area contributed by atoms with Gasteiger partial charge in [-0.1, -0.05) is 29.5 Å². The molecule has 0 amide bonds. The summed E-state index contributed by atoms with van der Waals surface area (Å²) in [4.78, 5) is 4.26. The number of aromatic nitrogens is 3. The lowest BCUT2D eigenvalue weighted by molar-refractivity contribution is 0.114. The van der Waals surface area contributed by atoms with E-state index in [9.17, 15) is 4.39 Å². The number of ether oxygens (including phenoxy) is 1. The molecule has 1 saturated carbocycles. The van der Waals surface area contributed by atoms with E-state index in [1.807, 2.05) is 18.2 Å². The summed E-state index contributed by atoms with van der Waals surface area (Å²) in [5.74, 6) is 0.458. The van der Waals surface area contributed by atoms with Crippen LogP contribution in [0.1, 0.15) is 35.4 Å². The summed E-state index contributed by atoms with van der Waals surface area (Å²) in [6.07, 6.45) is 5.97. The van der Waals surface area contributed by atoms with Gasteiger partial charge in [0.15, 0.2) is 0 Å². The molecule has 1 aliphatic rings. The second-order valence-corrected chi connectivity index (χ2v) is 7.36. The minimum Gasteiger partial charge on any atom is -0.474 e. The molecule has 4 rings (SSSR count). The normalized spacial score (nSPS) is 14.0. The Labute approximate surface area is 155 Å². The Bertz CT molecular complexity index is 881. The molecule has 26 heavy (non-hydrogen) atoms. The molecule has 134 valence electrons. The molecule has 1 N–H and O–H groups in total. The number of rotatable bonds is 7. The largest absolute Gasteiger partial charge is 0.474 e. The first kappa shape index (κ1) is 16.9. The Morgan fingerprint density at radius 1 is 1.19 bits per heavy atom. The highest BCUT2D eigenvalue weighted by Gasteiger charge is 2.19. The average Bonchev–Trinajstić information content (AvgIpc) is 3.06. The molecule has 7 heteroatoms. The quantitative estimate of drug-likeness (QED) is 0.675. The number of hydrogen-bond donors (Lipinski definition) is 1. The van der Waals surface area contributed by atoms with Gasteiger partial charge in [0, 0.05) is 25.2 Å². The molecule has 0 unspecified atom stereocenters. The molecular weight excluding hydrogens is 351 g/mol. The third-order valence-electron chi connectivity index (χ3n) is 4.35. The van der Waals surface area contributed by atoms with Gasteiger partial charge in [-0.25, -0.2) is 9.37 Å². The lowest BCUT2D eigenvalue weighted by atomic mass is 9.96. The maximum absolute atomic E-state index is 13.7. The molecule has 0 aliphatic heterocycles. The minimum absolute atomic E-state index is 0.215. The monoisotopic (exact) mass is 370 g/mol. The van der Waals surface area contributed by atoms with Gasteiger partial charge >= 0.3 is 0 Å². The average molecular weight is 370 g/mol. The molecule has 1 aromatic carbocycles. The van der Waals surface area contributed by atoms with Crippen molar-refractivity contribution in [2.75, 3.05) is 5.32 Å². The standard InChI is InChI=1S/C19H19FN4OS/c20-16-7-2-1-4-14(16)11-18-23-24-19(26-18)22-12-13-8-9-21-17(10-13)25-15-5-3-6-15/h1-2,4,7-10,15H,3,5-6,11-12H2,(H,22,24). The van der Waals surface area contributed by atoms with Gasteiger partial charge in [-0.2, -0.15) is 0 Å². The highest BCUT2D eigenvalue weighted by Crippen LogP contribution is 2.25. The summed E-state index contributed by atoms with van der Waals surface area (Å²) < 4.78 is 19.6. The molecule has 5 nitrogen and oxygen atoms in total. The van der Waals surface area contributed by atoms with Crippen LogP contribution in [0.5, 0.6) is 5.88 Å². The van der Waals surface area contributed by atoms with E-state index in [2.05, 4.69) is 20.5 Å². The number of halogens is 1. The first-order valence-corrected chi connectivity index (χ1v) is 9.49. The molecule has 2 heterocycles. The second kappa shape index (κ2) is 7.78. The highest BCUT2D eigenvalue weighted by molar-refractivity contribution is 7.15. The summed E-state index contributed by atoms with van der Waals surface area (Å²) in [6.45, 7) is 0.609. The van der Waals surface area contributed by atoms with Crippen LogP contribution in [0.25, 0.3) is 0 Å². The Morgan fingerprint density at radius 2 is 2.08 bits per heavy atom. The number of benzene rings is 1. The maximum atomic E-state index is 13.7. The summed E-state index contributed by atoms with van der Waals surface area (Å²) >= 11 is 1.44. The predicted molar refractivity (Wildman–Crippen MR) is 98.9 cm³/mol. The zero-order chi connectivity index (χ0) is 17.8. The molecule has 0 bridgehead atoms. The number of nitrogens with zero attached hydrogens (tertiary/aromatic N) is 3. The molecule has 3 aromatic rings. The highest BCUT2D eigenvalue weighted by atomic mass is 32.1. The van der Waals surface area contributed by atoms with Crippen LogP contribution in [0.15, 0.2) is 42.6 Å². The molecule has 1 fully saturated rings. The third kappa shape index (κ3) is 4.16. The predicted octanol–water partition coefficient (Wildman–Crippen LogP) is 4.21. The minimum atomic E-state index is -0.215. The van der Waals surface area contributed by atoms with Crippen molar-refractivity contribution in [3.05, 3.63) is 64.5 Å². The van der Waals surface area contributed by atoms with Crippen LogP contribution in [-0.4, -0.2) is 21.3 Å². The summed E-state index contributed by atoms with van der Waals surface area (Å²) in [7, 11) is 0. The summed E-state index contributed by atoms with van der Waals surface area (Å²) in [5, 5.41) is 13.0. The fraction of sp³-hybridized carbons (Fsp3) is 0.316. The van der Waals surface area contributed by atoms with Crippen molar-refractivity contribution in [1.29, 1.82) is 0 Å². The van der Waals surface area contributed by atoms with Crippen molar-refractivity contribution < 1.29 is 9.13 Å². The molecule has 0 spiro atoms. The zero-order valence-corrected chi connectivity index (χ0v) is 15.0. The molecule has 0 radical (unpaired) electrons. The summed E-state index contributed by atoms with van der Waals surface area (Å²) in [5.41, 5.74) is 1.70. The third-order valence-corrected chi connectivity index (χ3v) is 5.23. The molecule has 2 aromatic heterocycles. The fourth-order valence-electron chi connectivity index (χ4n) is 2.66. The summed E-state index contributed by atoms with van der Waals surface area (Å²) in [6, 6.07) is 10.6. The Kier molecular flexibility index (Phi) is 5.06. The topological polar surface area (TPSA) is 59.9 Å². The molecule has 0 saturated heterocycles. The van der Waals surface area contributed by atoms with Crippen molar-refractivity contribution in [1.82, 2.24) is 15.2 Å². The van der Waals surface area contributed by atoms with Gasteiger partial charge < -0.3 is 10.1 Å². The van der Waals surface area contributed by atoms with Gasteiger partial charge in [0.25, 0.3) is 0 Å². The van der Waals surface area contributed by atoms with E-state index in [0.717, 1.165) is 28.5 Å². The molecule has 1 aliphatic carbocycles. The maximum Gasteiger partial charge on any atom is 0.213 e. The van der Waals surface area contributed by atoms with Gasteiger partial charge in [-0.3, -0.25) is 0 Å². The van der Waals surface area contributed by atoms with Gasteiger partial charge in [-0.15, -0.1) is 10.2 Å². The van der Waals surface area contributed by atoms with Crippen LogP contribution in [0, 0.1) is 5.82 Å². The van der Waals surface area contributed by atoms with Crippen molar-refractivity contribution in [2.45, 2.75) is 38.3 Å². The van der Waals surface area contributed by atoms with Crippen molar-refractivity contribution in [2.24, 2.45) is 0 Å². The van der Waals surface area contributed by atoms with E-state index < -0.39 is 0 Å². The van der Waals surface area contributed by atoms with Gasteiger partial charge in [0.2, 0.25) is 11.0 Å². The first-order valence-electron chi connectivity index (χ1n) is 8.67. The van der Waals surface area contributed by atoms with Crippen LogP contribution < -0.4 is 10.1 Å². The van der Waals surface area contributed by atoms with Gasteiger partial charge in [0.05, 0.1) is 0 Å². The molecule has 0 atom stereocenters. The zero-order valence-electron chi connectivity index (χ0n) is 14.2. The van der Waals surface area contributed by atoms with E-state index >= 15 is 0 Å². The fourth-order valence-corrected chi connectivity index (χ4v) is 3.42. The van der Waals surface area contributed by atoms with Gasteiger partial charge in [-0.05, 0) is 42.5 Å². The van der Waals surface area contributed by atoms with E-state index in [4.69, 9.17) is 4.74 Å². The van der Waals surface area contributed by atoms with Crippen molar-refractivity contribution >= 4 is 16.5 Å². The number of anilines is 1. The lowest BCUT2D eigenvalue weighted by Crippen LogP contribution is -2.25. The Hall–Kier alpha value is -2.54. The van der Waals surface area contributed by atoms with Gasteiger partial charge in [0.1, 0.15) is 16.9 Å².